The van der Waals surface area contributed by atoms with Gasteiger partial charge >= 0.3 is 0 Å². The number of carbonyl (C=O) groups excluding carboxylic acids is 1. The number of nitro groups is 1. The van der Waals surface area contributed by atoms with Crippen molar-refractivity contribution in [3.8, 4) is 22.4 Å². The van der Waals surface area contributed by atoms with Gasteiger partial charge in [0, 0.05) is 78.9 Å². The first-order chi connectivity index (χ1) is 30.1. The van der Waals surface area contributed by atoms with Gasteiger partial charge in [-0.1, -0.05) is 54.1 Å². The number of allylic oxidation sites excluding steroid dienone is 1. The van der Waals surface area contributed by atoms with Crippen LogP contribution in [0.5, 0.6) is 0 Å². The van der Waals surface area contributed by atoms with Crippen molar-refractivity contribution in [2.45, 2.75) is 37.1 Å². The minimum absolute atomic E-state index is 0.0177. The molecule has 4 aromatic carbocycles. The van der Waals surface area contributed by atoms with Crippen molar-refractivity contribution in [1.82, 2.24) is 19.5 Å². The zero-order valence-corrected chi connectivity index (χ0v) is 37.3. The highest BCUT2D eigenvalue weighted by Crippen LogP contribution is 2.40. The van der Waals surface area contributed by atoms with Gasteiger partial charge in [0.15, 0.2) is 4.91 Å². The first kappa shape index (κ1) is 43.4. The summed E-state index contributed by atoms with van der Waals surface area (Å²) in [5, 5.41) is 15.9. The maximum atomic E-state index is 14.1. The van der Waals surface area contributed by atoms with Crippen molar-refractivity contribution in [2.24, 2.45) is 7.05 Å². The van der Waals surface area contributed by atoms with E-state index in [4.69, 9.17) is 11.6 Å². The zero-order valence-electron chi connectivity index (χ0n) is 34.9. The second kappa shape index (κ2) is 19.9. The van der Waals surface area contributed by atoms with Gasteiger partial charge in [0.2, 0.25) is 0 Å². The third-order valence-electron chi connectivity index (χ3n) is 11.9. The summed E-state index contributed by atoms with van der Waals surface area (Å²) in [6.45, 7) is 8.84. The number of hydrogen-bond donors (Lipinski definition) is 3. The Hall–Kier alpha value is -5.22. The summed E-state index contributed by atoms with van der Waals surface area (Å²) in [6.07, 6.45) is 5.97. The monoisotopic (exact) mass is 890 g/mol. The Kier molecular flexibility index (Phi) is 13.9. The summed E-state index contributed by atoms with van der Waals surface area (Å²) >= 11 is 5.98. The van der Waals surface area contributed by atoms with Crippen molar-refractivity contribution >= 4 is 57.9 Å². The van der Waals surface area contributed by atoms with Gasteiger partial charge in [0.05, 0.1) is 27.9 Å². The Bertz CT molecular complexity index is 2430. The number of halogens is 1. The van der Waals surface area contributed by atoms with Crippen molar-refractivity contribution in [3.63, 3.8) is 0 Å². The minimum atomic E-state index is -1.68. The van der Waals surface area contributed by atoms with Crippen molar-refractivity contribution in [3.05, 3.63) is 152 Å². The van der Waals surface area contributed by atoms with E-state index in [-0.39, 0.29) is 11.6 Å². The highest BCUT2D eigenvalue weighted by molar-refractivity contribution is 7.97. The third kappa shape index (κ3) is 10.0. The first-order valence-electron chi connectivity index (χ1n) is 21.0. The largest absolute Gasteiger partial charge is 0.588 e. The number of rotatable bonds is 15. The van der Waals surface area contributed by atoms with E-state index in [1.54, 1.807) is 6.08 Å². The lowest BCUT2D eigenvalue weighted by Crippen LogP contribution is -2.46. The Balaban J connectivity index is 0.920. The fourth-order valence-electron chi connectivity index (χ4n) is 8.42. The van der Waals surface area contributed by atoms with Gasteiger partial charge in [-0.05, 0) is 129 Å². The van der Waals surface area contributed by atoms with Crippen LogP contribution in [0.2, 0.25) is 5.02 Å². The van der Waals surface area contributed by atoms with Crippen molar-refractivity contribution < 1.29 is 14.3 Å². The van der Waals surface area contributed by atoms with Gasteiger partial charge in [-0.25, -0.2) is 9.44 Å². The fraction of sp³-hybridized carbons (Fsp3) is 0.298. The molecule has 1 amide bonds. The predicted octanol–water partition coefficient (Wildman–Crippen LogP) is 8.66. The maximum Gasteiger partial charge on any atom is 0.269 e. The SMILES string of the molecule is Cc1c(C(=O)NCCN2CCCC2)c(-c2cccc(N3CCN(c4ccc(N[S+]([O-])C5=CCC(NSc6ccccc6)C([N+](=O)[O-])=C5)cc4)CC3)c2)c(-c2ccc(Cl)cc2)n1C. The summed E-state index contributed by atoms with van der Waals surface area (Å²) in [5.41, 5.74) is 8.24. The molecule has 2 fully saturated rings. The van der Waals surface area contributed by atoms with E-state index < -0.39 is 22.3 Å². The summed E-state index contributed by atoms with van der Waals surface area (Å²) in [6, 6.07) is 33.2. The highest BCUT2D eigenvalue weighted by Gasteiger charge is 2.32. The molecule has 0 radical (unpaired) electrons. The van der Waals surface area contributed by atoms with Gasteiger partial charge in [-0.3, -0.25) is 14.9 Å². The molecule has 0 spiro atoms. The maximum absolute atomic E-state index is 14.1. The van der Waals surface area contributed by atoms with Crippen LogP contribution in [0.3, 0.4) is 0 Å². The molecule has 62 heavy (non-hydrogen) atoms. The molecule has 2 atom stereocenters. The van der Waals surface area contributed by atoms with E-state index in [1.807, 2.05) is 92.8 Å². The summed E-state index contributed by atoms with van der Waals surface area (Å²) in [4.78, 5) is 34.1. The number of benzene rings is 4. The van der Waals surface area contributed by atoms with E-state index in [2.05, 4.69) is 58.3 Å². The van der Waals surface area contributed by atoms with Gasteiger partial charge in [-0.15, -0.1) is 0 Å². The van der Waals surface area contributed by atoms with Crippen LogP contribution in [-0.2, 0) is 18.4 Å². The topological polar surface area (TPSA) is 134 Å². The van der Waals surface area contributed by atoms with Crippen LogP contribution in [0.1, 0.15) is 35.3 Å². The molecular weight excluding hydrogens is 840 g/mol. The third-order valence-corrected chi connectivity index (χ3v) is 14.2. The minimum Gasteiger partial charge on any atom is -0.588 e. The average molecular weight is 892 g/mol. The van der Waals surface area contributed by atoms with Crippen LogP contribution in [0.4, 0.5) is 17.1 Å². The second-order valence-corrected chi connectivity index (χ2v) is 18.3. The standard InChI is InChI=1S/C47H51ClN8O4S2/c1-33-44(47(57)49-23-26-53-24-6-7-25-53)45(46(52(33)2)34-13-15-36(48)16-14-34)35-9-8-10-39(31-35)55-29-27-54(28-30-55)38-19-17-37(18-20-38)51-62(60)41-21-22-42(43(32-41)56(58)59)50-61-40-11-4-3-5-12-40/h3-5,8-21,31-32,42,50-51H,6-7,22-30H2,1-2H3,(H,49,57). The van der Waals surface area contributed by atoms with E-state index >= 15 is 0 Å². The number of piperazine rings is 1. The normalized spacial score (nSPS) is 17.4. The molecule has 1 aliphatic carbocycles. The van der Waals surface area contributed by atoms with Crippen LogP contribution >= 0.6 is 23.5 Å². The number of carbonyl (C=O) groups is 1. The van der Waals surface area contributed by atoms with Gasteiger partial charge in [0.1, 0.15) is 17.4 Å². The Morgan fingerprint density at radius 2 is 1.56 bits per heavy atom. The van der Waals surface area contributed by atoms with Crippen LogP contribution < -0.4 is 24.6 Å². The average Bonchev–Trinajstić information content (AvgIpc) is 3.92. The smallest absolute Gasteiger partial charge is 0.269 e. The number of aromatic nitrogens is 1. The molecule has 5 aromatic rings. The molecule has 3 N–H and O–H groups in total. The van der Waals surface area contributed by atoms with E-state index in [9.17, 15) is 19.5 Å². The Labute approximate surface area is 375 Å². The highest BCUT2D eigenvalue weighted by atomic mass is 35.5. The van der Waals surface area contributed by atoms with Crippen molar-refractivity contribution in [1.29, 1.82) is 0 Å². The summed E-state index contributed by atoms with van der Waals surface area (Å²) < 4.78 is 21.7. The van der Waals surface area contributed by atoms with E-state index in [1.165, 1.54) is 30.9 Å². The van der Waals surface area contributed by atoms with Crippen LogP contribution in [0.25, 0.3) is 22.4 Å². The van der Waals surface area contributed by atoms with Crippen LogP contribution in [0.15, 0.2) is 131 Å². The lowest BCUT2D eigenvalue weighted by atomic mass is 9.95. The quantitative estimate of drug-likeness (QED) is 0.0406. The molecule has 1 aromatic heterocycles. The molecule has 2 saturated heterocycles. The fourth-order valence-corrected chi connectivity index (χ4v) is 10.3. The Morgan fingerprint density at radius 1 is 0.871 bits per heavy atom. The molecule has 322 valence electrons. The molecule has 15 heteroatoms. The molecular formula is C47H51ClN8O4S2. The summed E-state index contributed by atoms with van der Waals surface area (Å²) in [5.74, 6) is -0.0639. The van der Waals surface area contributed by atoms with Gasteiger partial charge < -0.3 is 29.1 Å². The molecule has 2 aliphatic heterocycles. The molecule has 0 saturated carbocycles. The molecule has 12 nitrogen and oxygen atoms in total. The van der Waals surface area contributed by atoms with E-state index in [0.717, 1.165) is 90.2 Å². The van der Waals surface area contributed by atoms with Crippen molar-refractivity contribution in [2.75, 3.05) is 66.9 Å². The number of likely N-dealkylation sites (tertiary alicyclic amines) is 1. The van der Waals surface area contributed by atoms with Crippen LogP contribution in [-0.4, -0.2) is 83.3 Å². The van der Waals surface area contributed by atoms with Gasteiger partial charge in [0.25, 0.3) is 11.6 Å². The zero-order chi connectivity index (χ0) is 43.2. The predicted molar refractivity (Wildman–Crippen MR) is 254 cm³/mol. The lowest BCUT2D eigenvalue weighted by Gasteiger charge is -2.37. The molecule has 8 rings (SSSR count). The van der Waals surface area contributed by atoms with Crippen LogP contribution in [0, 0.1) is 17.0 Å². The molecule has 3 aliphatic rings. The second-order valence-electron chi connectivity index (χ2n) is 15.8. The number of amides is 1. The Morgan fingerprint density at radius 3 is 2.26 bits per heavy atom. The summed E-state index contributed by atoms with van der Waals surface area (Å²) in [7, 11) is 2.02. The molecule has 2 unspecified atom stereocenters. The number of nitrogens with zero attached hydrogens (tertiary/aromatic N) is 5. The lowest BCUT2D eigenvalue weighted by molar-refractivity contribution is -0.430. The number of nitrogens with one attached hydrogen (secondary N) is 3. The van der Waals surface area contributed by atoms with Gasteiger partial charge in [-0.2, -0.15) is 0 Å². The number of anilines is 3. The molecule has 0 bridgehead atoms. The van der Waals surface area contributed by atoms with E-state index in [0.29, 0.717) is 34.1 Å². The number of hydrogen-bond acceptors (Lipinski definition) is 10. The first-order valence-corrected chi connectivity index (χ1v) is 23.4. The molecule has 3 heterocycles.